The van der Waals surface area contributed by atoms with Gasteiger partial charge >= 0.3 is 0 Å². The Morgan fingerprint density at radius 2 is 1.68 bits per heavy atom. The summed E-state index contributed by atoms with van der Waals surface area (Å²) in [5.41, 5.74) is 0.851. The van der Waals surface area contributed by atoms with E-state index < -0.39 is 0 Å². The number of nitrogens with one attached hydrogen (secondary N) is 2. The van der Waals surface area contributed by atoms with Crippen LogP contribution < -0.4 is 10.6 Å². The van der Waals surface area contributed by atoms with E-state index in [1.165, 1.54) is 29.5 Å². The molecule has 28 heavy (non-hydrogen) atoms. The highest BCUT2D eigenvalue weighted by Crippen LogP contribution is 2.29. The summed E-state index contributed by atoms with van der Waals surface area (Å²) in [6, 6.07) is 15.9. The van der Waals surface area contributed by atoms with E-state index in [1.807, 2.05) is 0 Å². The van der Waals surface area contributed by atoms with Gasteiger partial charge in [0.15, 0.2) is 0 Å². The van der Waals surface area contributed by atoms with Crippen molar-refractivity contribution in [2.24, 2.45) is 0 Å². The quantitative estimate of drug-likeness (QED) is 0.530. The number of amides is 2. The fourth-order valence-corrected chi connectivity index (χ4v) is 3.54. The molecule has 0 fully saturated rings. The first-order valence-corrected chi connectivity index (χ1v) is 9.56. The first-order valence-electron chi connectivity index (χ1n) is 8.75. The van der Waals surface area contributed by atoms with Crippen molar-refractivity contribution in [1.82, 2.24) is 10.6 Å². The molecule has 0 aliphatic heterocycles. The van der Waals surface area contributed by atoms with Gasteiger partial charge in [-0.2, -0.15) is 0 Å². The molecule has 144 valence electrons. The van der Waals surface area contributed by atoms with Crippen molar-refractivity contribution >= 4 is 23.2 Å². The van der Waals surface area contributed by atoms with Gasteiger partial charge in [0, 0.05) is 29.1 Å². The van der Waals surface area contributed by atoms with Gasteiger partial charge in [0.2, 0.25) is 0 Å². The smallest absolute Gasteiger partial charge is 0.261 e. The lowest BCUT2D eigenvalue weighted by Crippen LogP contribution is -2.29. The number of carbonyl (C=O) groups excluding carboxylic acids is 2. The lowest BCUT2D eigenvalue weighted by atomic mass is 10.2. The van der Waals surface area contributed by atoms with Crippen LogP contribution in [-0.4, -0.2) is 30.0 Å². The van der Waals surface area contributed by atoms with E-state index in [1.54, 1.807) is 42.5 Å². The molecular weight excluding hydrogens is 379 g/mol. The maximum Gasteiger partial charge on any atom is 0.261 e. The zero-order valence-electron chi connectivity index (χ0n) is 14.9. The molecule has 0 saturated heterocycles. The average Bonchev–Trinajstić information content (AvgIpc) is 3.18. The Morgan fingerprint density at radius 3 is 2.43 bits per heavy atom. The normalized spacial score (nSPS) is 10.5. The first-order chi connectivity index (χ1) is 13.5. The topological polar surface area (TPSA) is 78.4 Å². The maximum atomic E-state index is 13.8. The molecule has 3 rings (SSSR count). The van der Waals surface area contributed by atoms with E-state index >= 15 is 0 Å². The Labute approximate surface area is 165 Å². The molecule has 0 spiro atoms. The minimum Gasteiger partial charge on any atom is -0.508 e. The van der Waals surface area contributed by atoms with Gasteiger partial charge in [0.1, 0.15) is 11.6 Å². The van der Waals surface area contributed by atoms with Crippen LogP contribution in [0.15, 0.2) is 60.7 Å². The number of thiophene rings is 1. The second-order valence-corrected chi connectivity index (χ2v) is 7.14. The van der Waals surface area contributed by atoms with Gasteiger partial charge < -0.3 is 15.7 Å². The van der Waals surface area contributed by atoms with Crippen molar-refractivity contribution in [3.8, 4) is 16.2 Å². The molecule has 0 atom stereocenters. The first kappa shape index (κ1) is 19.6. The highest BCUT2D eigenvalue weighted by atomic mass is 32.1. The fourth-order valence-electron chi connectivity index (χ4n) is 2.59. The third-order valence-electron chi connectivity index (χ3n) is 4.00. The van der Waals surface area contributed by atoms with Crippen molar-refractivity contribution in [2.75, 3.05) is 13.1 Å². The molecule has 2 amide bonds. The molecule has 0 aliphatic carbocycles. The van der Waals surface area contributed by atoms with Crippen molar-refractivity contribution in [3.63, 3.8) is 0 Å². The van der Waals surface area contributed by atoms with E-state index in [2.05, 4.69) is 10.6 Å². The van der Waals surface area contributed by atoms with Crippen LogP contribution in [0.3, 0.4) is 0 Å². The van der Waals surface area contributed by atoms with Crippen LogP contribution in [-0.2, 0) is 0 Å². The summed E-state index contributed by atoms with van der Waals surface area (Å²) in [4.78, 5) is 25.4. The molecule has 3 N–H and O–H groups in total. The Kier molecular flexibility index (Phi) is 6.39. The van der Waals surface area contributed by atoms with Crippen molar-refractivity contribution in [2.45, 2.75) is 6.42 Å². The summed E-state index contributed by atoms with van der Waals surface area (Å²) in [6.07, 6.45) is 0.557. The van der Waals surface area contributed by atoms with Gasteiger partial charge in [-0.3, -0.25) is 9.59 Å². The van der Waals surface area contributed by atoms with Crippen LogP contribution in [0.1, 0.15) is 26.5 Å². The third-order valence-corrected chi connectivity index (χ3v) is 5.12. The molecule has 7 heteroatoms. The highest BCUT2D eigenvalue weighted by Gasteiger charge is 2.12. The maximum absolute atomic E-state index is 13.8. The zero-order chi connectivity index (χ0) is 19.9. The lowest BCUT2D eigenvalue weighted by Gasteiger charge is -2.06. The number of phenolic OH excluding ortho intramolecular Hbond substituents is 1. The van der Waals surface area contributed by atoms with E-state index in [0.717, 1.165) is 0 Å². The van der Waals surface area contributed by atoms with Crippen LogP contribution >= 0.6 is 11.3 Å². The van der Waals surface area contributed by atoms with Gasteiger partial charge in [0.25, 0.3) is 11.8 Å². The summed E-state index contributed by atoms with van der Waals surface area (Å²) in [7, 11) is 0. The summed E-state index contributed by atoms with van der Waals surface area (Å²) in [5.74, 6) is -0.800. The molecule has 0 bridgehead atoms. The summed E-state index contributed by atoms with van der Waals surface area (Å²) >= 11 is 1.23. The lowest BCUT2D eigenvalue weighted by molar-refractivity contribution is 0.0952. The standard InChI is InChI=1S/C21H19FN2O3S/c22-17-8-2-1-7-16(17)18-9-10-19(28-18)21(27)24-12-4-11-23-20(26)14-5-3-6-15(25)13-14/h1-3,5-10,13,25H,4,11-12H2,(H,23,26)(H,24,27). The minimum atomic E-state index is -0.321. The number of hydrogen-bond donors (Lipinski definition) is 3. The van der Waals surface area contributed by atoms with E-state index in [4.69, 9.17) is 0 Å². The van der Waals surface area contributed by atoms with Crippen molar-refractivity contribution in [3.05, 3.63) is 76.9 Å². The van der Waals surface area contributed by atoms with E-state index in [-0.39, 0.29) is 23.4 Å². The minimum absolute atomic E-state index is 0.0330. The summed E-state index contributed by atoms with van der Waals surface area (Å²) < 4.78 is 13.8. The Bertz CT molecular complexity index is 987. The molecular formula is C21H19FN2O3S. The predicted octanol–water partition coefficient (Wildman–Crippen LogP) is 3.81. The Morgan fingerprint density at radius 1 is 0.929 bits per heavy atom. The highest BCUT2D eigenvalue weighted by molar-refractivity contribution is 7.17. The molecule has 5 nitrogen and oxygen atoms in total. The number of aromatic hydroxyl groups is 1. The number of rotatable bonds is 7. The van der Waals surface area contributed by atoms with Gasteiger partial charge in [0.05, 0.1) is 4.88 Å². The molecule has 0 unspecified atom stereocenters. The molecule has 0 radical (unpaired) electrons. The second-order valence-electron chi connectivity index (χ2n) is 6.06. The molecule has 0 aliphatic rings. The predicted molar refractivity (Wildman–Crippen MR) is 107 cm³/mol. The van der Waals surface area contributed by atoms with Crippen molar-refractivity contribution < 1.29 is 19.1 Å². The number of benzene rings is 2. The number of halogens is 1. The van der Waals surface area contributed by atoms with Gasteiger partial charge in [-0.15, -0.1) is 11.3 Å². The van der Waals surface area contributed by atoms with Gasteiger partial charge in [-0.25, -0.2) is 4.39 Å². The monoisotopic (exact) mass is 398 g/mol. The largest absolute Gasteiger partial charge is 0.508 e. The number of carbonyl (C=O) groups is 2. The van der Waals surface area contributed by atoms with Crippen LogP contribution in [0, 0.1) is 5.82 Å². The van der Waals surface area contributed by atoms with Gasteiger partial charge in [-0.05, 0) is 42.8 Å². The van der Waals surface area contributed by atoms with E-state index in [0.29, 0.717) is 40.4 Å². The molecule has 1 heterocycles. The molecule has 3 aromatic rings. The average molecular weight is 398 g/mol. The second kappa shape index (κ2) is 9.14. The number of hydrogen-bond acceptors (Lipinski definition) is 4. The van der Waals surface area contributed by atoms with Crippen LogP contribution in [0.2, 0.25) is 0 Å². The Balaban J connectivity index is 1.44. The molecule has 0 saturated carbocycles. The van der Waals surface area contributed by atoms with Crippen LogP contribution in [0.4, 0.5) is 4.39 Å². The SMILES string of the molecule is O=C(NCCCNC(=O)c1ccc(-c2ccccc2F)s1)c1cccc(O)c1. The van der Waals surface area contributed by atoms with Crippen molar-refractivity contribution in [1.29, 1.82) is 0 Å². The van der Waals surface area contributed by atoms with Crippen LogP contribution in [0.5, 0.6) is 5.75 Å². The summed E-state index contributed by atoms with van der Waals surface area (Å²) in [5, 5.41) is 14.9. The molecule has 1 aromatic heterocycles. The fraction of sp³-hybridized carbons (Fsp3) is 0.143. The summed E-state index contributed by atoms with van der Waals surface area (Å²) in [6.45, 7) is 0.784. The molecule has 2 aromatic carbocycles. The van der Waals surface area contributed by atoms with E-state index in [9.17, 15) is 19.1 Å². The van der Waals surface area contributed by atoms with Gasteiger partial charge in [-0.1, -0.05) is 24.3 Å². The van der Waals surface area contributed by atoms with Crippen LogP contribution in [0.25, 0.3) is 10.4 Å². The third kappa shape index (κ3) is 4.95. The zero-order valence-corrected chi connectivity index (χ0v) is 15.8. The number of phenols is 1. The Hall–Kier alpha value is -3.19.